The zero-order valence-electron chi connectivity index (χ0n) is 9.53. The van der Waals surface area contributed by atoms with E-state index in [1.54, 1.807) is 0 Å². The van der Waals surface area contributed by atoms with E-state index in [2.05, 4.69) is 5.32 Å². The lowest BCUT2D eigenvalue weighted by atomic mass is 9.95. The fourth-order valence-corrected chi connectivity index (χ4v) is 3.17. The van der Waals surface area contributed by atoms with Gasteiger partial charge in [0, 0.05) is 24.5 Å². The zero-order chi connectivity index (χ0) is 11.8. The average Bonchev–Trinajstić information content (AvgIpc) is 2.72. The largest absolute Gasteiger partial charge is 0.337 e. The summed E-state index contributed by atoms with van der Waals surface area (Å²) < 4.78 is 0. The van der Waals surface area contributed by atoms with E-state index >= 15 is 0 Å². The van der Waals surface area contributed by atoms with Crippen LogP contribution >= 0.6 is 11.6 Å². The molecule has 1 aromatic rings. The fraction of sp³-hybridized carbons (Fsp3) is 0.462. The molecule has 90 valence electrons. The van der Waals surface area contributed by atoms with Crippen LogP contribution in [0.15, 0.2) is 24.3 Å². The summed E-state index contributed by atoms with van der Waals surface area (Å²) in [5.74, 6) is 0.286. The van der Waals surface area contributed by atoms with E-state index in [1.165, 1.54) is 0 Å². The number of piperazine rings is 1. The van der Waals surface area contributed by atoms with Gasteiger partial charge in [-0.15, -0.1) is 0 Å². The van der Waals surface area contributed by atoms with Gasteiger partial charge in [-0.3, -0.25) is 4.79 Å². The van der Waals surface area contributed by atoms with E-state index in [0.717, 1.165) is 30.1 Å². The number of amides is 1. The molecule has 0 bridgehead atoms. The summed E-state index contributed by atoms with van der Waals surface area (Å²) >= 11 is 6.24. The van der Waals surface area contributed by atoms with Crippen molar-refractivity contribution in [2.24, 2.45) is 0 Å². The average molecular weight is 251 g/mol. The molecular weight excluding hydrogens is 236 g/mol. The first-order valence-corrected chi connectivity index (χ1v) is 6.42. The van der Waals surface area contributed by atoms with Crippen molar-refractivity contribution in [1.82, 2.24) is 10.2 Å². The number of benzene rings is 1. The standard InChI is InChI=1S/C13H15ClN2O/c14-10-4-2-1-3-9(10)13-11-5-6-12(17)16(11)8-7-15-13/h1-4,11,13,15H,5-8H2. The number of hydrogen-bond acceptors (Lipinski definition) is 2. The Kier molecular flexibility index (Phi) is 2.81. The van der Waals surface area contributed by atoms with Crippen LogP contribution in [0.4, 0.5) is 0 Å². The molecule has 2 fully saturated rings. The summed E-state index contributed by atoms with van der Waals surface area (Å²) in [6, 6.07) is 8.35. The van der Waals surface area contributed by atoms with Gasteiger partial charge in [-0.2, -0.15) is 0 Å². The third-order valence-corrected chi connectivity index (χ3v) is 4.06. The molecule has 0 saturated carbocycles. The summed E-state index contributed by atoms with van der Waals surface area (Å²) in [6.07, 6.45) is 1.61. The van der Waals surface area contributed by atoms with Crippen molar-refractivity contribution < 1.29 is 4.79 Å². The lowest BCUT2D eigenvalue weighted by Crippen LogP contribution is -2.51. The number of halogens is 1. The molecule has 0 aliphatic carbocycles. The van der Waals surface area contributed by atoms with Gasteiger partial charge in [-0.05, 0) is 18.1 Å². The van der Waals surface area contributed by atoms with Gasteiger partial charge in [-0.1, -0.05) is 29.8 Å². The summed E-state index contributed by atoms with van der Waals surface area (Å²) in [5, 5.41) is 4.27. The predicted octanol–water partition coefficient (Wildman–Crippen LogP) is 1.98. The second kappa shape index (κ2) is 4.31. The van der Waals surface area contributed by atoms with Crippen molar-refractivity contribution in [3.05, 3.63) is 34.9 Å². The Labute approximate surface area is 106 Å². The van der Waals surface area contributed by atoms with E-state index in [-0.39, 0.29) is 18.0 Å². The normalized spacial score (nSPS) is 28.3. The number of nitrogens with one attached hydrogen (secondary N) is 1. The van der Waals surface area contributed by atoms with Crippen LogP contribution in [0.2, 0.25) is 5.02 Å². The first kappa shape index (κ1) is 11.1. The molecule has 2 saturated heterocycles. The number of carbonyl (C=O) groups excluding carboxylic acids is 1. The van der Waals surface area contributed by atoms with Crippen LogP contribution < -0.4 is 5.32 Å². The molecular formula is C13H15ClN2O. The number of carbonyl (C=O) groups is 1. The van der Waals surface area contributed by atoms with E-state index in [4.69, 9.17) is 11.6 Å². The van der Waals surface area contributed by atoms with Crippen LogP contribution in [0, 0.1) is 0 Å². The Morgan fingerprint density at radius 3 is 3.00 bits per heavy atom. The molecule has 0 radical (unpaired) electrons. The second-order valence-corrected chi connectivity index (χ2v) is 5.05. The summed E-state index contributed by atoms with van der Waals surface area (Å²) in [7, 11) is 0. The Morgan fingerprint density at radius 2 is 2.18 bits per heavy atom. The molecule has 3 nitrogen and oxygen atoms in total. The van der Waals surface area contributed by atoms with Gasteiger partial charge in [0.25, 0.3) is 0 Å². The molecule has 2 aliphatic rings. The molecule has 4 heteroatoms. The summed E-state index contributed by atoms with van der Waals surface area (Å²) in [5.41, 5.74) is 1.11. The van der Waals surface area contributed by atoms with Crippen LogP contribution in [0.1, 0.15) is 24.4 Å². The summed E-state index contributed by atoms with van der Waals surface area (Å²) in [6.45, 7) is 1.67. The lowest BCUT2D eigenvalue weighted by Gasteiger charge is -2.38. The Morgan fingerprint density at radius 1 is 1.35 bits per heavy atom. The molecule has 0 aromatic heterocycles. The molecule has 1 N–H and O–H groups in total. The van der Waals surface area contributed by atoms with Crippen molar-refractivity contribution in [1.29, 1.82) is 0 Å². The van der Waals surface area contributed by atoms with Crippen molar-refractivity contribution in [2.45, 2.75) is 24.9 Å². The number of fused-ring (bicyclic) bond motifs is 1. The van der Waals surface area contributed by atoms with E-state index in [0.29, 0.717) is 6.42 Å². The molecule has 17 heavy (non-hydrogen) atoms. The first-order valence-electron chi connectivity index (χ1n) is 6.04. The van der Waals surface area contributed by atoms with Crippen LogP contribution in [0.3, 0.4) is 0 Å². The minimum Gasteiger partial charge on any atom is -0.337 e. The van der Waals surface area contributed by atoms with Gasteiger partial charge in [0.2, 0.25) is 5.91 Å². The highest BCUT2D eigenvalue weighted by atomic mass is 35.5. The Bertz CT molecular complexity index is 449. The molecule has 2 heterocycles. The van der Waals surface area contributed by atoms with Gasteiger partial charge >= 0.3 is 0 Å². The van der Waals surface area contributed by atoms with Crippen molar-refractivity contribution in [3.8, 4) is 0 Å². The van der Waals surface area contributed by atoms with E-state index < -0.39 is 0 Å². The number of hydrogen-bond donors (Lipinski definition) is 1. The molecule has 1 amide bonds. The molecule has 1 aromatic carbocycles. The predicted molar refractivity (Wildman–Crippen MR) is 66.9 cm³/mol. The molecule has 2 unspecified atom stereocenters. The van der Waals surface area contributed by atoms with Crippen molar-refractivity contribution >= 4 is 17.5 Å². The van der Waals surface area contributed by atoms with E-state index in [1.807, 2.05) is 29.2 Å². The molecule has 3 rings (SSSR count). The minimum absolute atomic E-state index is 0.184. The summed E-state index contributed by atoms with van der Waals surface area (Å²) in [4.78, 5) is 13.7. The maximum Gasteiger partial charge on any atom is 0.223 e. The van der Waals surface area contributed by atoms with Gasteiger partial charge in [0.1, 0.15) is 0 Å². The van der Waals surface area contributed by atoms with Crippen LogP contribution in [-0.4, -0.2) is 29.9 Å². The van der Waals surface area contributed by atoms with Crippen molar-refractivity contribution in [2.75, 3.05) is 13.1 Å². The van der Waals surface area contributed by atoms with Gasteiger partial charge in [0.05, 0.1) is 12.1 Å². The Hall–Kier alpha value is -1.06. The Balaban J connectivity index is 1.93. The van der Waals surface area contributed by atoms with Crippen LogP contribution in [0.5, 0.6) is 0 Å². The lowest BCUT2D eigenvalue weighted by molar-refractivity contribution is -0.130. The molecule has 2 aliphatic heterocycles. The molecule has 2 atom stereocenters. The highest BCUT2D eigenvalue weighted by Crippen LogP contribution is 2.34. The van der Waals surface area contributed by atoms with Gasteiger partial charge in [-0.25, -0.2) is 0 Å². The number of rotatable bonds is 1. The van der Waals surface area contributed by atoms with Crippen LogP contribution in [-0.2, 0) is 4.79 Å². The quantitative estimate of drug-likeness (QED) is 0.827. The monoisotopic (exact) mass is 250 g/mol. The minimum atomic E-state index is 0.184. The maximum atomic E-state index is 11.7. The zero-order valence-corrected chi connectivity index (χ0v) is 10.3. The highest BCUT2D eigenvalue weighted by molar-refractivity contribution is 6.31. The topological polar surface area (TPSA) is 32.3 Å². The molecule has 0 spiro atoms. The van der Waals surface area contributed by atoms with Gasteiger partial charge < -0.3 is 10.2 Å². The third kappa shape index (κ3) is 1.83. The van der Waals surface area contributed by atoms with E-state index in [9.17, 15) is 4.79 Å². The highest BCUT2D eigenvalue weighted by Gasteiger charge is 2.39. The van der Waals surface area contributed by atoms with Crippen molar-refractivity contribution in [3.63, 3.8) is 0 Å². The number of nitrogens with zero attached hydrogens (tertiary/aromatic N) is 1. The third-order valence-electron chi connectivity index (χ3n) is 3.72. The van der Waals surface area contributed by atoms with Crippen LogP contribution in [0.25, 0.3) is 0 Å². The SMILES string of the molecule is O=C1CCC2C(c3ccccc3Cl)NCCN12. The second-order valence-electron chi connectivity index (χ2n) is 4.65. The fourth-order valence-electron chi connectivity index (χ4n) is 2.91. The smallest absolute Gasteiger partial charge is 0.223 e. The maximum absolute atomic E-state index is 11.7. The van der Waals surface area contributed by atoms with Gasteiger partial charge in [0.15, 0.2) is 0 Å². The first-order chi connectivity index (χ1) is 8.27.